The molecule has 2 heteroatoms. The molecule has 3 fully saturated rings. The molecule has 0 amide bonds. The van der Waals surface area contributed by atoms with E-state index >= 15 is 0 Å². The lowest BCUT2D eigenvalue weighted by atomic mass is 9.79. The monoisotopic (exact) mass is 240 g/mol. The van der Waals surface area contributed by atoms with Crippen LogP contribution in [-0.2, 0) is 6.42 Å². The van der Waals surface area contributed by atoms with E-state index in [0.29, 0.717) is 6.04 Å². The zero-order chi connectivity index (χ0) is 11.9. The molecule has 4 heterocycles. The molecule has 2 bridgehead atoms. The van der Waals surface area contributed by atoms with E-state index in [9.17, 15) is 0 Å². The number of rotatable bonds is 1. The van der Waals surface area contributed by atoms with Crippen LogP contribution in [0.3, 0.4) is 0 Å². The summed E-state index contributed by atoms with van der Waals surface area (Å²) in [5.41, 5.74) is 4.33. The Morgan fingerprint density at radius 1 is 1.11 bits per heavy atom. The summed E-state index contributed by atoms with van der Waals surface area (Å²) in [7, 11) is 0. The average Bonchev–Trinajstić information content (AvgIpc) is 2.48. The molecule has 4 aliphatic heterocycles. The first-order valence-corrected chi connectivity index (χ1v) is 7.28. The molecule has 0 aromatic heterocycles. The fourth-order valence-electron chi connectivity index (χ4n) is 3.90. The minimum absolute atomic E-state index is 0.610. The number of hydrogen-bond donors (Lipinski definition) is 0. The third kappa shape index (κ3) is 1.63. The van der Waals surface area contributed by atoms with Crippen molar-refractivity contribution in [2.24, 2.45) is 10.9 Å². The van der Waals surface area contributed by atoms with Crippen LogP contribution in [0.4, 0.5) is 0 Å². The Labute approximate surface area is 109 Å². The van der Waals surface area contributed by atoms with Gasteiger partial charge in [0.1, 0.15) is 0 Å². The van der Waals surface area contributed by atoms with Crippen LogP contribution in [-0.4, -0.2) is 36.3 Å². The lowest BCUT2D eigenvalue weighted by molar-refractivity contribution is 0.0829. The van der Waals surface area contributed by atoms with Crippen molar-refractivity contribution in [1.29, 1.82) is 0 Å². The Balaban J connectivity index is 1.71. The number of benzene rings is 1. The highest BCUT2D eigenvalue weighted by molar-refractivity contribution is 6.06. The van der Waals surface area contributed by atoms with E-state index in [2.05, 4.69) is 29.2 Å². The maximum absolute atomic E-state index is 4.89. The largest absolute Gasteiger partial charge is 0.295 e. The molecule has 0 saturated carbocycles. The molecule has 1 atom stereocenters. The van der Waals surface area contributed by atoms with Crippen LogP contribution >= 0.6 is 0 Å². The van der Waals surface area contributed by atoms with Crippen molar-refractivity contribution in [1.82, 2.24) is 4.90 Å². The van der Waals surface area contributed by atoms with Crippen LogP contribution in [0.25, 0.3) is 0 Å². The molecule has 4 aliphatic rings. The van der Waals surface area contributed by atoms with Gasteiger partial charge in [0, 0.05) is 12.1 Å². The molecule has 0 spiro atoms. The summed E-state index contributed by atoms with van der Waals surface area (Å²) < 4.78 is 0. The topological polar surface area (TPSA) is 15.6 Å². The standard InChI is InChI=1S/C16H20N2/c1-2-4-14-13(3-1)5-8-17-16(14)15-11-12-6-9-18(15)10-7-12/h1-4,12,15H,5-11H2. The molecule has 1 unspecified atom stereocenters. The lowest BCUT2D eigenvalue weighted by Gasteiger charge is -2.46. The minimum atomic E-state index is 0.610. The van der Waals surface area contributed by atoms with E-state index < -0.39 is 0 Å². The number of piperidine rings is 3. The first kappa shape index (κ1) is 10.7. The van der Waals surface area contributed by atoms with E-state index in [1.807, 2.05) is 0 Å². The van der Waals surface area contributed by atoms with Crippen LogP contribution in [0.2, 0.25) is 0 Å². The van der Waals surface area contributed by atoms with Gasteiger partial charge in [0.2, 0.25) is 0 Å². The lowest BCUT2D eigenvalue weighted by Crippen LogP contribution is -2.53. The van der Waals surface area contributed by atoms with Crippen LogP contribution in [0.15, 0.2) is 29.3 Å². The predicted octanol–water partition coefficient (Wildman–Crippen LogP) is 2.52. The zero-order valence-corrected chi connectivity index (χ0v) is 10.8. The maximum Gasteiger partial charge on any atom is 0.0595 e. The van der Waals surface area contributed by atoms with E-state index in [4.69, 9.17) is 4.99 Å². The van der Waals surface area contributed by atoms with E-state index in [1.165, 1.54) is 49.2 Å². The molecular formula is C16H20N2. The van der Waals surface area contributed by atoms with Crippen molar-refractivity contribution >= 4 is 5.71 Å². The first-order chi connectivity index (χ1) is 8.92. The van der Waals surface area contributed by atoms with Gasteiger partial charge < -0.3 is 0 Å². The number of aliphatic imine (C=N–C) groups is 1. The molecule has 18 heavy (non-hydrogen) atoms. The molecule has 5 rings (SSSR count). The Morgan fingerprint density at radius 2 is 1.94 bits per heavy atom. The van der Waals surface area contributed by atoms with Crippen molar-refractivity contribution in [2.45, 2.75) is 31.7 Å². The minimum Gasteiger partial charge on any atom is -0.295 e. The highest BCUT2D eigenvalue weighted by Gasteiger charge is 2.37. The van der Waals surface area contributed by atoms with Crippen molar-refractivity contribution < 1.29 is 0 Å². The van der Waals surface area contributed by atoms with Gasteiger partial charge in [0.25, 0.3) is 0 Å². The van der Waals surface area contributed by atoms with Crippen LogP contribution < -0.4 is 0 Å². The average molecular weight is 240 g/mol. The SMILES string of the molecule is c1ccc2c(c1)CCN=C2C1CC2CCN1CC2. The highest BCUT2D eigenvalue weighted by Crippen LogP contribution is 2.34. The van der Waals surface area contributed by atoms with Gasteiger partial charge in [-0.1, -0.05) is 24.3 Å². The van der Waals surface area contributed by atoms with E-state index in [1.54, 1.807) is 0 Å². The van der Waals surface area contributed by atoms with Gasteiger partial charge in [-0.3, -0.25) is 9.89 Å². The molecule has 1 aromatic rings. The van der Waals surface area contributed by atoms with Gasteiger partial charge in [-0.15, -0.1) is 0 Å². The fourth-order valence-corrected chi connectivity index (χ4v) is 3.90. The smallest absolute Gasteiger partial charge is 0.0595 e. The summed E-state index contributed by atoms with van der Waals surface area (Å²) in [6, 6.07) is 9.49. The second-order valence-corrected chi connectivity index (χ2v) is 5.90. The third-order valence-electron chi connectivity index (χ3n) is 4.92. The quantitative estimate of drug-likeness (QED) is 0.736. The molecule has 3 saturated heterocycles. The number of fused-ring (bicyclic) bond motifs is 4. The Morgan fingerprint density at radius 3 is 2.72 bits per heavy atom. The Hall–Kier alpha value is -1.15. The summed E-state index contributed by atoms with van der Waals surface area (Å²) in [6.45, 7) is 3.56. The highest BCUT2D eigenvalue weighted by atomic mass is 15.2. The van der Waals surface area contributed by atoms with Gasteiger partial charge in [0.15, 0.2) is 0 Å². The van der Waals surface area contributed by atoms with Gasteiger partial charge >= 0.3 is 0 Å². The normalized spacial score (nSPS) is 34.0. The molecule has 94 valence electrons. The molecule has 0 N–H and O–H groups in total. The fraction of sp³-hybridized carbons (Fsp3) is 0.562. The summed E-state index contributed by atoms with van der Waals surface area (Å²) >= 11 is 0. The van der Waals surface area contributed by atoms with Crippen LogP contribution in [0, 0.1) is 5.92 Å². The van der Waals surface area contributed by atoms with Crippen molar-refractivity contribution in [3.63, 3.8) is 0 Å². The summed E-state index contributed by atoms with van der Waals surface area (Å²) in [5, 5.41) is 0. The van der Waals surface area contributed by atoms with Crippen molar-refractivity contribution in [3.05, 3.63) is 35.4 Å². The third-order valence-corrected chi connectivity index (χ3v) is 4.92. The number of hydrogen-bond acceptors (Lipinski definition) is 2. The van der Waals surface area contributed by atoms with Gasteiger partial charge in [-0.05, 0) is 50.3 Å². The van der Waals surface area contributed by atoms with Crippen LogP contribution in [0.1, 0.15) is 30.4 Å². The first-order valence-electron chi connectivity index (χ1n) is 7.28. The van der Waals surface area contributed by atoms with Gasteiger partial charge in [-0.2, -0.15) is 0 Å². The van der Waals surface area contributed by atoms with E-state index in [-0.39, 0.29) is 0 Å². The number of nitrogens with zero attached hydrogens (tertiary/aromatic N) is 2. The molecule has 1 aromatic carbocycles. The molecule has 2 nitrogen and oxygen atoms in total. The van der Waals surface area contributed by atoms with Gasteiger partial charge in [-0.25, -0.2) is 0 Å². The van der Waals surface area contributed by atoms with Crippen molar-refractivity contribution in [3.8, 4) is 0 Å². The van der Waals surface area contributed by atoms with Gasteiger partial charge in [0.05, 0.1) is 11.8 Å². The summed E-state index contributed by atoms with van der Waals surface area (Å²) in [6.07, 6.45) is 5.28. The second kappa shape index (κ2) is 4.20. The summed E-state index contributed by atoms with van der Waals surface area (Å²) in [4.78, 5) is 7.56. The second-order valence-electron chi connectivity index (χ2n) is 5.90. The summed E-state index contributed by atoms with van der Waals surface area (Å²) in [5.74, 6) is 0.955. The predicted molar refractivity (Wildman–Crippen MR) is 74.3 cm³/mol. The zero-order valence-electron chi connectivity index (χ0n) is 10.8. The Kier molecular flexibility index (Phi) is 2.51. The molecule has 0 radical (unpaired) electrons. The maximum atomic E-state index is 4.89. The van der Waals surface area contributed by atoms with Crippen LogP contribution in [0.5, 0.6) is 0 Å². The Bertz CT molecular complexity index is 484. The molecular weight excluding hydrogens is 220 g/mol. The van der Waals surface area contributed by atoms with E-state index in [0.717, 1.165) is 18.9 Å². The molecule has 0 aliphatic carbocycles. The van der Waals surface area contributed by atoms with Crippen molar-refractivity contribution in [2.75, 3.05) is 19.6 Å².